The Morgan fingerprint density at radius 1 is 0.926 bits per heavy atom. The highest BCUT2D eigenvalue weighted by Crippen LogP contribution is 2.18. The second-order valence-corrected chi connectivity index (χ2v) is 6.65. The topological polar surface area (TPSA) is 41.6 Å². The van der Waals surface area contributed by atoms with Gasteiger partial charge < -0.3 is 15.0 Å². The first kappa shape index (κ1) is 18.8. The van der Waals surface area contributed by atoms with Crippen LogP contribution in [-0.2, 0) is 13.2 Å². The molecule has 0 aliphatic rings. The number of rotatable bonds is 6. The van der Waals surface area contributed by atoms with Gasteiger partial charge in [0.15, 0.2) is 0 Å². The highest BCUT2D eigenvalue weighted by molar-refractivity contribution is 6.30. The van der Waals surface area contributed by atoms with E-state index in [1.54, 1.807) is 11.9 Å². The van der Waals surface area contributed by atoms with Crippen LogP contribution in [0.4, 0.5) is 10.5 Å². The monoisotopic (exact) mass is 380 g/mol. The summed E-state index contributed by atoms with van der Waals surface area (Å²) >= 11 is 5.88. The first-order valence-corrected chi connectivity index (χ1v) is 9.01. The molecule has 27 heavy (non-hydrogen) atoms. The molecule has 4 nitrogen and oxygen atoms in total. The molecule has 0 spiro atoms. The average molecular weight is 381 g/mol. The fourth-order valence-corrected chi connectivity index (χ4v) is 2.66. The van der Waals surface area contributed by atoms with Crippen LogP contribution >= 0.6 is 11.6 Å². The molecule has 1 N–H and O–H groups in total. The van der Waals surface area contributed by atoms with Crippen LogP contribution in [0.25, 0.3) is 0 Å². The summed E-state index contributed by atoms with van der Waals surface area (Å²) in [6.07, 6.45) is 0. The van der Waals surface area contributed by atoms with Crippen molar-refractivity contribution in [2.24, 2.45) is 0 Å². The van der Waals surface area contributed by atoms with Crippen molar-refractivity contribution in [3.05, 3.63) is 95.0 Å². The van der Waals surface area contributed by atoms with E-state index in [0.29, 0.717) is 18.2 Å². The molecular formula is C22H21ClN2O2. The second kappa shape index (κ2) is 9.10. The lowest BCUT2D eigenvalue weighted by Gasteiger charge is -2.18. The Kier molecular flexibility index (Phi) is 6.34. The molecule has 0 aromatic heterocycles. The van der Waals surface area contributed by atoms with Crippen molar-refractivity contribution in [1.82, 2.24) is 4.90 Å². The lowest BCUT2D eigenvalue weighted by atomic mass is 10.2. The van der Waals surface area contributed by atoms with Gasteiger partial charge in [-0.2, -0.15) is 0 Å². The third kappa shape index (κ3) is 5.76. The molecule has 0 bridgehead atoms. The van der Waals surface area contributed by atoms with E-state index in [0.717, 1.165) is 22.6 Å². The fraction of sp³-hybridized carbons (Fsp3) is 0.136. The van der Waals surface area contributed by atoms with Crippen molar-refractivity contribution in [3.63, 3.8) is 0 Å². The number of urea groups is 1. The Labute approximate surface area is 164 Å². The molecule has 0 heterocycles. The lowest BCUT2D eigenvalue weighted by molar-refractivity contribution is 0.220. The summed E-state index contributed by atoms with van der Waals surface area (Å²) in [6, 6.07) is 24.6. The number of carbonyl (C=O) groups excluding carboxylic acids is 1. The third-order valence-corrected chi connectivity index (χ3v) is 4.29. The van der Waals surface area contributed by atoms with Crippen LogP contribution in [0.15, 0.2) is 78.9 Å². The Balaban J connectivity index is 1.50. The predicted octanol–water partition coefficient (Wildman–Crippen LogP) is 5.58. The molecule has 5 heteroatoms. The molecule has 3 aromatic carbocycles. The van der Waals surface area contributed by atoms with Crippen molar-refractivity contribution in [2.75, 3.05) is 12.4 Å². The summed E-state index contributed by atoms with van der Waals surface area (Å²) < 4.78 is 5.75. The fourth-order valence-electron chi connectivity index (χ4n) is 2.53. The standard InChI is InChI=1S/C22H21ClN2O2/c1-25(15-17-5-3-2-4-6-17)22(26)24-20-11-13-21(14-12-20)27-16-18-7-9-19(23)10-8-18/h2-14H,15-16H2,1H3,(H,24,26). The van der Waals surface area contributed by atoms with Crippen molar-refractivity contribution in [2.45, 2.75) is 13.2 Å². The molecule has 0 aliphatic carbocycles. The zero-order valence-electron chi connectivity index (χ0n) is 15.1. The van der Waals surface area contributed by atoms with Gasteiger partial charge in [0.2, 0.25) is 0 Å². The summed E-state index contributed by atoms with van der Waals surface area (Å²) in [4.78, 5) is 14.0. The van der Waals surface area contributed by atoms with Crippen molar-refractivity contribution >= 4 is 23.3 Å². The van der Waals surface area contributed by atoms with Crippen molar-refractivity contribution in [3.8, 4) is 5.75 Å². The van der Waals surface area contributed by atoms with E-state index in [1.165, 1.54) is 0 Å². The van der Waals surface area contributed by atoms with Gasteiger partial charge in [0.1, 0.15) is 12.4 Å². The summed E-state index contributed by atoms with van der Waals surface area (Å²) in [6.45, 7) is 1.01. The van der Waals surface area contributed by atoms with Crippen molar-refractivity contribution < 1.29 is 9.53 Å². The third-order valence-electron chi connectivity index (χ3n) is 4.03. The molecular weight excluding hydrogens is 360 g/mol. The highest BCUT2D eigenvalue weighted by Gasteiger charge is 2.09. The molecule has 0 fully saturated rings. The van der Waals surface area contributed by atoms with Crippen LogP contribution in [-0.4, -0.2) is 18.0 Å². The van der Waals surface area contributed by atoms with Crippen LogP contribution < -0.4 is 10.1 Å². The summed E-state index contributed by atoms with van der Waals surface area (Å²) in [5, 5.41) is 3.59. The first-order chi connectivity index (χ1) is 13.1. The van der Waals surface area contributed by atoms with E-state index in [4.69, 9.17) is 16.3 Å². The Bertz CT molecular complexity index is 865. The molecule has 0 radical (unpaired) electrons. The molecule has 0 aliphatic heterocycles. The van der Waals surface area contributed by atoms with Crippen LogP contribution in [0, 0.1) is 0 Å². The number of hydrogen-bond acceptors (Lipinski definition) is 2. The van der Waals surface area contributed by atoms with Gasteiger partial charge >= 0.3 is 6.03 Å². The molecule has 0 saturated heterocycles. The van der Waals surface area contributed by atoms with Gasteiger partial charge in [0.25, 0.3) is 0 Å². The Morgan fingerprint density at radius 3 is 2.26 bits per heavy atom. The maximum atomic E-state index is 12.3. The number of ether oxygens (including phenoxy) is 1. The highest BCUT2D eigenvalue weighted by atomic mass is 35.5. The molecule has 138 valence electrons. The normalized spacial score (nSPS) is 10.3. The maximum absolute atomic E-state index is 12.3. The van der Waals surface area contributed by atoms with Crippen molar-refractivity contribution in [1.29, 1.82) is 0 Å². The van der Waals surface area contributed by atoms with E-state index in [1.807, 2.05) is 78.9 Å². The SMILES string of the molecule is CN(Cc1ccccc1)C(=O)Nc1ccc(OCc2ccc(Cl)cc2)cc1. The molecule has 0 unspecified atom stereocenters. The Hall–Kier alpha value is -2.98. The molecule has 3 aromatic rings. The van der Waals surface area contributed by atoms with E-state index >= 15 is 0 Å². The van der Waals surface area contributed by atoms with Gasteiger partial charge in [-0.25, -0.2) is 4.79 Å². The number of amides is 2. The zero-order chi connectivity index (χ0) is 19.1. The molecule has 2 amide bonds. The predicted molar refractivity (Wildman–Crippen MR) is 109 cm³/mol. The summed E-state index contributed by atoms with van der Waals surface area (Å²) in [7, 11) is 1.77. The minimum atomic E-state index is -0.159. The summed E-state index contributed by atoms with van der Waals surface area (Å²) in [5.41, 5.74) is 2.85. The smallest absolute Gasteiger partial charge is 0.321 e. The van der Waals surface area contributed by atoms with Gasteiger partial charge in [-0.15, -0.1) is 0 Å². The van der Waals surface area contributed by atoms with Crippen LogP contribution in [0.5, 0.6) is 5.75 Å². The van der Waals surface area contributed by atoms with Gasteiger partial charge in [0.05, 0.1) is 0 Å². The van der Waals surface area contributed by atoms with Crippen LogP contribution in [0.2, 0.25) is 5.02 Å². The van der Waals surface area contributed by atoms with E-state index in [2.05, 4.69) is 5.32 Å². The summed E-state index contributed by atoms with van der Waals surface area (Å²) in [5.74, 6) is 0.737. The lowest BCUT2D eigenvalue weighted by Crippen LogP contribution is -2.30. The minimum Gasteiger partial charge on any atom is -0.489 e. The van der Waals surface area contributed by atoms with Gasteiger partial charge in [-0.3, -0.25) is 0 Å². The quantitative estimate of drug-likeness (QED) is 0.606. The molecule has 0 saturated carbocycles. The van der Waals surface area contributed by atoms with Gasteiger partial charge in [-0.1, -0.05) is 54.1 Å². The number of anilines is 1. The molecule has 0 atom stereocenters. The maximum Gasteiger partial charge on any atom is 0.321 e. The van der Waals surface area contributed by atoms with Crippen LogP contribution in [0.3, 0.4) is 0 Å². The average Bonchev–Trinajstić information content (AvgIpc) is 2.69. The van der Waals surface area contributed by atoms with E-state index < -0.39 is 0 Å². The number of benzene rings is 3. The Morgan fingerprint density at radius 2 is 1.59 bits per heavy atom. The number of nitrogens with zero attached hydrogens (tertiary/aromatic N) is 1. The molecule has 3 rings (SSSR count). The number of nitrogens with one attached hydrogen (secondary N) is 1. The second-order valence-electron chi connectivity index (χ2n) is 6.21. The van der Waals surface area contributed by atoms with Gasteiger partial charge in [-0.05, 0) is 47.5 Å². The largest absolute Gasteiger partial charge is 0.489 e. The number of carbonyl (C=O) groups is 1. The van der Waals surface area contributed by atoms with Gasteiger partial charge in [0, 0.05) is 24.3 Å². The minimum absolute atomic E-state index is 0.159. The van der Waals surface area contributed by atoms with E-state index in [9.17, 15) is 4.79 Å². The van der Waals surface area contributed by atoms with Crippen LogP contribution in [0.1, 0.15) is 11.1 Å². The number of hydrogen-bond donors (Lipinski definition) is 1. The van der Waals surface area contributed by atoms with E-state index in [-0.39, 0.29) is 6.03 Å². The zero-order valence-corrected chi connectivity index (χ0v) is 15.8. The first-order valence-electron chi connectivity index (χ1n) is 8.63. The number of halogens is 1.